The first-order chi connectivity index (χ1) is 12.0. The molecule has 0 aliphatic heterocycles. The fraction of sp³-hybridized carbons (Fsp3) is 0.316. The number of carbonyl (C=O) groups is 2. The predicted molar refractivity (Wildman–Crippen MR) is 93.4 cm³/mol. The molecule has 1 aliphatic carbocycles. The third-order valence-electron chi connectivity index (χ3n) is 4.75. The van der Waals surface area contributed by atoms with Gasteiger partial charge in [0, 0.05) is 12.6 Å². The van der Waals surface area contributed by atoms with Crippen molar-refractivity contribution in [2.75, 3.05) is 5.32 Å². The maximum absolute atomic E-state index is 12.5. The molecule has 0 atom stereocenters. The number of benzene rings is 1. The van der Waals surface area contributed by atoms with Gasteiger partial charge < -0.3 is 15.0 Å². The van der Waals surface area contributed by atoms with E-state index in [1.165, 1.54) is 10.6 Å². The second kappa shape index (κ2) is 6.93. The molecule has 25 heavy (non-hydrogen) atoms. The summed E-state index contributed by atoms with van der Waals surface area (Å²) in [6, 6.07) is 12.8. The van der Waals surface area contributed by atoms with E-state index in [0.29, 0.717) is 19.4 Å². The molecule has 0 unspecified atom stereocenters. The van der Waals surface area contributed by atoms with Crippen molar-refractivity contribution in [2.24, 2.45) is 5.41 Å². The molecule has 2 aromatic rings. The lowest BCUT2D eigenvalue weighted by Crippen LogP contribution is -2.41. The standard InChI is InChI=1S/C19H20N2O4/c22-16(12-19(18(24)25)9-5-10-19)20-15-8-4-11-21(17(15)23)13-14-6-2-1-3-7-14/h1-4,6-8,11H,5,9-10,12-13H2,(H,20,22)(H,24,25). The molecule has 1 amide bonds. The van der Waals surface area contributed by atoms with E-state index < -0.39 is 17.3 Å². The van der Waals surface area contributed by atoms with Gasteiger partial charge in [0.05, 0.1) is 12.0 Å². The molecule has 2 N–H and O–H groups in total. The van der Waals surface area contributed by atoms with Gasteiger partial charge in [-0.15, -0.1) is 0 Å². The molecular weight excluding hydrogens is 320 g/mol. The zero-order chi connectivity index (χ0) is 17.9. The summed E-state index contributed by atoms with van der Waals surface area (Å²) in [5.74, 6) is -1.37. The number of rotatable bonds is 6. The van der Waals surface area contributed by atoms with Crippen LogP contribution in [0.1, 0.15) is 31.2 Å². The Balaban J connectivity index is 1.73. The summed E-state index contributed by atoms with van der Waals surface area (Å²) in [6.45, 7) is 0.405. The summed E-state index contributed by atoms with van der Waals surface area (Å²) in [5.41, 5.74) is -0.129. The lowest BCUT2D eigenvalue weighted by Gasteiger charge is -2.36. The fourth-order valence-electron chi connectivity index (χ4n) is 3.11. The van der Waals surface area contributed by atoms with Crippen LogP contribution < -0.4 is 10.9 Å². The van der Waals surface area contributed by atoms with Crippen LogP contribution in [0.5, 0.6) is 0 Å². The fourth-order valence-corrected chi connectivity index (χ4v) is 3.11. The van der Waals surface area contributed by atoms with Gasteiger partial charge in [0.25, 0.3) is 5.56 Å². The number of hydrogen-bond acceptors (Lipinski definition) is 3. The highest BCUT2D eigenvalue weighted by Crippen LogP contribution is 2.44. The van der Waals surface area contributed by atoms with Gasteiger partial charge in [0.1, 0.15) is 5.69 Å². The van der Waals surface area contributed by atoms with Crippen LogP contribution in [0.15, 0.2) is 53.5 Å². The quantitative estimate of drug-likeness (QED) is 0.845. The highest BCUT2D eigenvalue weighted by Gasteiger charge is 2.45. The van der Waals surface area contributed by atoms with Gasteiger partial charge in [-0.25, -0.2) is 0 Å². The van der Waals surface area contributed by atoms with Crippen LogP contribution in [0.4, 0.5) is 5.69 Å². The van der Waals surface area contributed by atoms with Crippen molar-refractivity contribution in [3.05, 3.63) is 64.6 Å². The Labute approximate surface area is 145 Å². The van der Waals surface area contributed by atoms with Crippen LogP contribution in [-0.4, -0.2) is 21.6 Å². The largest absolute Gasteiger partial charge is 0.481 e. The number of carbonyl (C=O) groups excluding carboxylic acids is 1. The Kier molecular flexibility index (Phi) is 4.70. The zero-order valence-corrected chi connectivity index (χ0v) is 13.8. The first-order valence-corrected chi connectivity index (χ1v) is 8.27. The lowest BCUT2D eigenvalue weighted by molar-refractivity contribution is -0.157. The number of pyridine rings is 1. The maximum Gasteiger partial charge on any atom is 0.310 e. The second-order valence-electron chi connectivity index (χ2n) is 6.50. The van der Waals surface area contributed by atoms with Crippen molar-refractivity contribution in [3.8, 4) is 0 Å². The van der Waals surface area contributed by atoms with E-state index in [4.69, 9.17) is 0 Å². The van der Waals surface area contributed by atoms with Gasteiger partial charge in [-0.1, -0.05) is 36.8 Å². The number of amides is 1. The molecule has 1 aromatic heterocycles. The number of nitrogens with one attached hydrogen (secondary N) is 1. The highest BCUT2D eigenvalue weighted by molar-refractivity contribution is 5.94. The molecular formula is C19H20N2O4. The average molecular weight is 340 g/mol. The third kappa shape index (κ3) is 3.63. The molecule has 0 bridgehead atoms. The first-order valence-electron chi connectivity index (χ1n) is 8.27. The number of aliphatic carboxylic acids is 1. The number of carboxylic acid groups (broad SMARTS) is 1. The minimum absolute atomic E-state index is 0.102. The topological polar surface area (TPSA) is 88.4 Å². The molecule has 1 fully saturated rings. The van der Waals surface area contributed by atoms with Crippen LogP contribution in [0.25, 0.3) is 0 Å². The van der Waals surface area contributed by atoms with Gasteiger partial charge in [0.2, 0.25) is 5.91 Å². The van der Waals surface area contributed by atoms with Crippen LogP contribution in [0.3, 0.4) is 0 Å². The number of anilines is 1. The molecule has 1 saturated carbocycles. The molecule has 1 heterocycles. The smallest absolute Gasteiger partial charge is 0.310 e. The zero-order valence-electron chi connectivity index (χ0n) is 13.8. The summed E-state index contributed by atoms with van der Waals surface area (Å²) < 4.78 is 1.52. The molecule has 130 valence electrons. The van der Waals surface area contributed by atoms with E-state index >= 15 is 0 Å². The van der Waals surface area contributed by atoms with Crippen LogP contribution in [0, 0.1) is 5.41 Å². The summed E-state index contributed by atoms with van der Waals surface area (Å²) in [6.07, 6.45) is 3.38. The molecule has 6 heteroatoms. The van der Waals surface area contributed by atoms with Gasteiger partial charge in [-0.05, 0) is 30.5 Å². The van der Waals surface area contributed by atoms with Gasteiger partial charge >= 0.3 is 5.97 Å². The van der Waals surface area contributed by atoms with E-state index in [9.17, 15) is 19.5 Å². The predicted octanol–water partition coefficient (Wildman–Crippen LogP) is 2.48. The number of aromatic nitrogens is 1. The molecule has 1 aromatic carbocycles. The number of carboxylic acids is 1. The van der Waals surface area contributed by atoms with Crippen molar-refractivity contribution < 1.29 is 14.7 Å². The maximum atomic E-state index is 12.5. The summed E-state index contributed by atoms with van der Waals surface area (Å²) >= 11 is 0. The first kappa shape index (κ1) is 17.0. The van der Waals surface area contributed by atoms with E-state index in [1.54, 1.807) is 12.3 Å². The van der Waals surface area contributed by atoms with E-state index in [0.717, 1.165) is 12.0 Å². The Morgan fingerprint density at radius 3 is 2.44 bits per heavy atom. The summed E-state index contributed by atoms with van der Waals surface area (Å²) in [4.78, 5) is 36.1. The SMILES string of the molecule is O=C(CC1(C(=O)O)CCC1)Nc1cccn(Cc2ccccc2)c1=O. The third-order valence-corrected chi connectivity index (χ3v) is 4.75. The van der Waals surface area contributed by atoms with Crippen LogP contribution in [-0.2, 0) is 16.1 Å². The van der Waals surface area contributed by atoms with E-state index in [2.05, 4.69) is 5.32 Å². The van der Waals surface area contributed by atoms with E-state index in [-0.39, 0.29) is 17.7 Å². The van der Waals surface area contributed by atoms with Crippen molar-refractivity contribution >= 4 is 17.6 Å². The Morgan fingerprint density at radius 1 is 1.12 bits per heavy atom. The van der Waals surface area contributed by atoms with Crippen molar-refractivity contribution in [3.63, 3.8) is 0 Å². The minimum atomic E-state index is -0.970. The number of hydrogen-bond donors (Lipinski definition) is 2. The van der Waals surface area contributed by atoms with Gasteiger partial charge in [0.15, 0.2) is 0 Å². The molecule has 1 aliphatic rings. The Morgan fingerprint density at radius 2 is 1.84 bits per heavy atom. The van der Waals surface area contributed by atoms with Crippen LogP contribution in [0.2, 0.25) is 0 Å². The summed E-state index contributed by atoms with van der Waals surface area (Å²) in [7, 11) is 0. The van der Waals surface area contributed by atoms with Crippen LogP contribution >= 0.6 is 0 Å². The van der Waals surface area contributed by atoms with Crippen molar-refractivity contribution in [1.29, 1.82) is 0 Å². The molecule has 0 spiro atoms. The van der Waals surface area contributed by atoms with E-state index in [1.807, 2.05) is 30.3 Å². The molecule has 3 rings (SSSR count). The molecule has 0 radical (unpaired) electrons. The normalized spacial score (nSPS) is 15.2. The van der Waals surface area contributed by atoms with Gasteiger partial charge in [-0.3, -0.25) is 14.4 Å². The number of nitrogens with zero attached hydrogens (tertiary/aromatic N) is 1. The molecule has 6 nitrogen and oxygen atoms in total. The second-order valence-corrected chi connectivity index (χ2v) is 6.50. The monoisotopic (exact) mass is 340 g/mol. The van der Waals surface area contributed by atoms with Crippen molar-refractivity contribution in [2.45, 2.75) is 32.2 Å². The highest BCUT2D eigenvalue weighted by atomic mass is 16.4. The average Bonchev–Trinajstić information content (AvgIpc) is 2.55. The Hall–Kier alpha value is -2.89. The van der Waals surface area contributed by atoms with Gasteiger partial charge in [-0.2, -0.15) is 0 Å². The summed E-state index contributed by atoms with van der Waals surface area (Å²) in [5, 5.41) is 11.9. The lowest BCUT2D eigenvalue weighted by atomic mass is 9.66. The minimum Gasteiger partial charge on any atom is -0.481 e. The van der Waals surface area contributed by atoms with Crippen molar-refractivity contribution in [1.82, 2.24) is 4.57 Å². The Bertz CT molecular complexity index is 838. The molecule has 0 saturated heterocycles.